The van der Waals surface area contributed by atoms with Crippen molar-refractivity contribution in [2.75, 3.05) is 0 Å². The summed E-state index contributed by atoms with van der Waals surface area (Å²) in [6.45, 7) is 2.86. The zero-order valence-corrected chi connectivity index (χ0v) is 8.73. The highest BCUT2D eigenvalue weighted by Crippen LogP contribution is 2.23. The van der Waals surface area contributed by atoms with Crippen LogP contribution in [0.1, 0.15) is 6.92 Å². The number of rotatable bonds is 2. The summed E-state index contributed by atoms with van der Waals surface area (Å²) in [5.74, 6) is 0.877. The van der Waals surface area contributed by atoms with Gasteiger partial charge in [-0.1, -0.05) is 6.07 Å². The second kappa shape index (κ2) is 3.43. The van der Waals surface area contributed by atoms with Crippen LogP contribution < -0.4 is 0 Å². The Labute approximate surface area is 85.8 Å². The Bertz CT molecular complexity index is 391. The smallest absolute Gasteiger partial charge is 0.172 e. The molecular weight excluding hydrogens is 202 g/mol. The summed E-state index contributed by atoms with van der Waals surface area (Å²) in [5, 5.41) is 10.5. The minimum Gasteiger partial charge on any atom is -0.740 e. The third-order valence-corrected chi connectivity index (χ3v) is 2.94. The highest BCUT2D eigenvalue weighted by Gasteiger charge is 2.06. The first-order valence-corrected chi connectivity index (χ1v) is 5.25. The lowest BCUT2D eigenvalue weighted by Gasteiger charge is -2.08. The maximum Gasteiger partial charge on any atom is 0.172 e. The Balaban J connectivity index is 2.52. The Morgan fingerprint density at radius 2 is 2.38 bits per heavy atom. The van der Waals surface area contributed by atoms with Crippen LogP contribution in [0.3, 0.4) is 0 Å². The van der Waals surface area contributed by atoms with Crippen molar-refractivity contribution in [2.45, 2.75) is 18.6 Å². The lowest BCUT2D eigenvalue weighted by Crippen LogP contribution is -1.98. The van der Waals surface area contributed by atoms with Gasteiger partial charge in [0.25, 0.3) is 0 Å². The van der Waals surface area contributed by atoms with Gasteiger partial charge in [-0.05, 0) is 18.4 Å². The lowest BCUT2D eigenvalue weighted by molar-refractivity contribution is 0.690. The molecule has 0 fully saturated rings. The van der Waals surface area contributed by atoms with Crippen molar-refractivity contribution in [1.29, 1.82) is 0 Å². The van der Waals surface area contributed by atoms with E-state index in [2.05, 4.69) is 10.2 Å². The van der Waals surface area contributed by atoms with Crippen molar-refractivity contribution in [3.05, 3.63) is 17.5 Å². The third-order valence-electron chi connectivity index (χ3n) is 1.77. The molecule has 68 valence electrons. The summed E-state index contributed by atoms with van der Waals surface area (Å²) in [7, 11) is 0. The van der Waals surface area contributed by atoms with Crippen LogP contribution in [0.4, 0.5) is 0 Å². The van der Waals surface area contributed by atoms with Crippen molar-refractivity contribution in [2.24, 2.45) is 0 Å². The Hall–Kier alpha value is -0.940. The molecule has 2 rings (SSSR count). The van der Waals surface area contributed by atoms with Crippen molar-refractivity contribution < 1.29 is 0 Å². The van der Waals surface area contributed by atoms with E-state index in [0.29, 0.717) is 5.16 Å². The molecule has 0 spiro atoms. The minimum absolute atomic E-state index is 0.561. The van der Waals surface area contributed by atoms with Crippen LogP contribution in [-0.4, -0.2) is 14.8 Å². The number of hydrogen-bond donors (Lipinski definition) is 0. The first kappa shape index (κ1) is 8.65. The van der Waals surface area contributed by atoms with Crippen molar-refractivity contribution in [1.82, 2.24) is 14.8 Å². The summed E-state index contributed by atoms with van der Waals surface area (Å²) in [6.07, 6.45) is 0. The second-order valence-electron chi connectivity index (χ2n) is 2.53. The molecule has 0 atom stereocenters. The van der Waals surface area contributed by atoms with Gasteiger partial charge in [0, 0.05) is 11.7 Å². The van der Waals surface area contributed by atoms with Gasteiger partial charge < -0.3 is 17.2 Å². The van der Waals surface area contributed by atoms with Crippen LogP contribution in [0.25, 0.3) is 10.7 Å². The SMILES string of the molecule is CCn1c([S-])nnc1-c1cccs1. The first-order chi connectivity index (χ1) is 6.33. The van der Waals surface area contributed by atoms with Crippen molar-refractivity contribution in [3.63, 3.8) is 0 Å². The van der Waals surface area contributed by atoms with Gasteiger partial charge in [-0.2, -0.15) is 5.10 Å². The monoisotopic (exact) mass is 210 g/mol. The minimum atomic E-state index is 0.561. The maximum atomic E-state index is 5.04. The molecule has 13 heavy (non-hydrogen) atoms. The van der Waals surface area contributed by atoms with Gasteiger partial charge in [0.15, 0.2) is 5.82 Å². The van der Waals surface area contributed by atoms with Gasteiger partial charge in [0.2, 0.25) is 0 Å². The Kier molecular flexibility index (Phi) is 2.28. The summed E-state index contributed by atoms with van der Waals surface area (Å²) in [5.41, 5.74) is 0. The van der Waals surface area contributed by atoms with Crippen LogP contribution in [0.5, 0.6) is 0 Å². The van der Waals surface area contributed by atoms with Crippen LogP contribution >= 0.6 is 11.3 Å². The van der Waals surface area contributed by atoms with Gasteiger partial charge in [0.05, 0.1) is 4.88 Å². The van der Waals surface area contributed by atoms with E-state index in [-0.39, 0.29) is 0 Å². The van der Waals surface area contributed by atoms with E-state index in [1.165, 1.54) is 0 Å². The fourth-order valence-electron chi connectivity index (χ4n) is 1.16. The van der Waals surface area contributed by atoms with E-state index in [4.69, 9.17) is 12.6 Å². The van der Waals surface area contributed by atoms with Gasteiger partial charge in [-0.25, -0.2) is 0 Å². The molecule has 2 aromatic rings. The van der Waals surface area contributed by atoms with Crippen LogP contribution in [0, 0.1) is 0 Å². The zero-order valence-electron chi connectivity index (χ0n) is 7.10. The molecule has 2 heterocycles. The summed E-state index contributed by atoms with van der Waals surface area (Å²) in [6, 6.07) is 4.02. The molecule has 0 radical (unpaired) electrons. The average molecular weight is 210 g/mol. The average Bonchev–Trinajstić information content (AvgIpc) is 2.71. The van der Waals surface area contributed by atoms with Crippen LogP contribution in [-0.2, 0) is 19.2 Å². The van der Waals surface area contributed by atoms with E-state index in [1.807, 2.05) is 29.0 Å². The largest absolute Gasteiger partial charge is 0.740 e. The van der Waals surface area contributed by atoms with Gasteiger partial charge in [0.1, 0.15) is 0 Å². The van der Waals surface area contributed by atoms with Gasteiger partial charge in [-0.15, -0.1) is 16.4 Å². The molecule has 0 aromatic carbocycles. The molecule has 0 aliphatic heterocycles. The number of thiophene rings is 1. The molecule has 0 amide bonds. The van der Waals surface area contributed by atoms with E-state index in [9.17, 15) is 0 Å². The number of hydrogen-bond acceptors (Lipinski definition) is 4. The molecule has 2 aromatic heterocycles. The molecule has 0 saturated heterocycles. The highest BCUT2D eigenvalue weighted by atomic mass is 32.1. The molecule has 0 unspecified atom stereocenters. The maximum absolute atomic E-state index is 5.04. The van der Waals surface area contributed by atoms with Crippen molar-refractivity contribution >= 4 is 24.0 Å². The van der Waals surface area contributed by atoms with E-state index < -0.39 is 0 Å². The zero-order chi connectivity index (χ0) is 9.26. The predicted molar refractivity (Wildman–Crippen MR) is 54.6 cm³/mol. The van der Waals surface area contributed by atoms with Crippen LogP contribution in [0.15, 0.2) is 22.7 Å². The predicted octanol–water partition coefficient (Wildman–Crippen LogP) is 1.93. The molecule has 0 N–H and O–H groups in total. The fraction of sp³-hybridized carbons (Fsp3) is 0.250. The van der Waals surface area contributed by atoms with Crippen LogP contribution in [0.2, 0.25) is 0 Å². The summed E-state index contributed by atoms with van der Waals surface area (Å²) < 4.78 is 1.93. The van der Waals surface area contributed by atoms with Gasteiger partial charge in [-0.3, -0.25) is 0 Å². The molecule has 0 saturated carbocycles. The van der Waals surface area contributed by atoms with E-state index in [1.54, 1.807) is 11.3 Å². The second-order valence-corrected chi connectivity index (χ2v) is 3.84. The molecule has 0 aliphatic rings. The number of aromatic nitrogens is 3. The number of nitrogens with zero attached hydrogens (tertiary/aromatic N) is 3. The molecule has 3 nitrogen and oxygen atoms in total. The molecule has 0 aliphatic carbocycles. The molecule has 0 bridgehead atoms. The quantitative estimate of drug-likeness (QED) is 0.710. The van der Waals surface area contributed by atoms with E-state index in [0.717, 1.165) is 17.2 Å². The van der Waals surface area contributed by atoms with Gasteiger partial charge >= 0.3 is 0 Å². The summed E-state index contributed by atoms with van der Waals surface area (Å²) >= 11 is 6.69. The first-order valence-electron chi connectivity index (χ1n) is 3.97. The lowest BCUT2D eigenvalue weighted by atomic mass is 10.4. The molecular formula is C8H8N3S2-. The Morgan fingerprint density at radius 1 is 1.54 bits per heavy atom. The Morgan fingerprint density at radius 3 is 3.00 bits per heavy atom. The normalized spacial score (nSPS) is 10.5. The summed E-state index contributed by atoms with van der Waals surface area (Å²) in [4.78, 5) is 1.12. The van der Waals surface area contributed by atoms with E-state index >= 15 is 0 Å². The van der Waals surface area contributed by atoms with Crippen molar-refractivity contribution in [3.8, 4) is 10.7 Å². The topological polar surface area (TPSA) is 30.7 Å². The fourth-order valence-corrected chi connectivity index (χ4v) is 2.14. The standard InChI is InChI=1S/C8H9N3S2/c1-2-11-7(9-10-8(11)12)6-4-3-5-13-6/h3-5H,2H2,1H3,(H,10,12)/p-1. The molecule has 5 heteroatoms. The highest BCUT2D eigenvalue weighted by molar-refractivity contribution is 7.58. The third kappa shape index (κ3) is 1.45.